The van der Waals surface area contributed by atoms with Gasteiger partial charge < -0.3 is 10.3 Å². The zero-order chi connectivity index (χ0) is 19.7. The highest BCUT2D eigenvalue weighted by Gasteiger charge is 2.17. The van der Waals surface area contributed by atoms with Crippen LogP contribution < -0.4 is 5.73 Å². The number of fused-ring (bicyclic) bond motifs is 3. The Balaban J connectivity index is 1.96. The lowest BCUT2D eigenvalue weighted by Crippen LogP contribution is -2.11. The molecule has 0 saturated carbocycles. The summed E-state index contributed by atoms with van der Waals surface area (Å²) in [5, 5.41) is 2.05. The summed E-state index contributed by atoms with van der Waals surface area (Å²) in [5.41, 5.74) is 12.3. The van der Waals surface area contributed by atoms with Gasteiger partial charge in [0.15, 0.2) is 0 Å². The number of amides is 1. The zero-order valence-corrected chi connectivity index (χ0v) is 16.5. The van der Waals surface area contributed by atoms with Crippen molar-refractivity contribution < 1.29 is 4.79 Å². The molecule has 0 aliphatic heterocycles. The van der Waals surface area contributed by atoms with E-state index in [1.807, 2.05) is 12.1 Å². The molecule has 0 bridgehead atoms. The van der Waals surface area contributed by atoms with Gasteiger partial charge in [-0.2, -0.15) is 0 Å². The maximum Gasteiger partial charge on any atom is 0.249 e. The van der Waals surface area contributed by atoms with Crippen molar-refractivity contribution in [1.82, 2.24) is 4.57 Å². The van der Waals surface area contributed by atoms with Crippen molar-refractivity contribution in [3.05, 3.63) is 82.9 Å². The van der Waals surface area contributed by atoms with Crippen LogP contribution in [-0.2, 0) is 13.0 Å². The first-order valence-corrected chi connectivity index (χ1v) is 9.97. The average Bonchev–Trinajstić information content (AvgIpc) is 3.01. The van der Waals surface area contributed by atoms with Crippen LogP contribution in [0.15, 0.2) is 60.7 Å². The molecule has 3 aromatic carbocycles. The van der Waals surface area contributed by atoms with E-state index in [1.54, 1.807) is 0 Å². The summed E-state index contributed by atoms with van der Waals surface area (Å²) < 4.78 is 2.32. The summed E-state index contributed by atoms with van der Waals surface area (Å²) in [7, 11) is 0. The molecule has 0 atom stereocenters. The second-order valence-electron chi connectivity index (χ2n) is 7.59. The molecule has 0 saturated heterocycles. The van der Waals surface area contributed by atoms with Crippen molar-refractivity contribution in [3.63, 3.8) is 0 Å². The number of aromatic nitrogens is 1. The van der Waals surface area contributed by atoms with Crippen molar-refractivity contribution in [2.75, 3.05) is 0 Å². The molecule has 0 spiro atoms. The Labute approximate surface area is 165 Å². The number of hydrogen-bond acceptors (Lipinski definition) is 1. The Morgan fingerprint density at radius 3 is 2.43 bits per heavy atom. The van der Waals surface area contributed by atoms with E-state index in [0.717, 1.165) is 34.8 Å². The number of benzene rings is 3. The molecule has 0 radical (unpaired) electrons. The Morgan fingerprint density at radius 2 is 1.71 bits per heavy atom. The summed E-state index contributed by atoms with van der Waals surface area (Å²) in [5.74, 6) is -0.380. The highest BCUT2D eigenvalue weighted by Crippen LogP contribution is 2.33. The van der Waals surface area contributed by atoms with Crippen LogP contribution in [-0.4, -0.2) is 10.5 Å². The molecule has 0 unspecified atom stereocenters. The number of nitrogens with two attached hydrogens (primary N) is 1. The average molecular weight is 370 g/mol. The Hall–Kier alpha value is -3.07. The summed E-state index contributed by atoms with van der Waals surface area (Å²) in [6.07, 6.45) is 3.42. The molecular formula is C25H26N2O. The molecule has 1 heterocycles. The van der Waals surface area contributed by atoms with Gasteiger partial charge in [-0.25, -0.2) is 0 Å². The fourth-order valence-electron chi connectivity index (χ4n) is 3.98. The van der Waals surface area contributed by atoms with Gasteiger partial charge in [0.1, 0.15) is 0 Å². The minimum absolute atomic E-state index is 0.380. The van der Waals surface area contributed by atoms with Gasteiger partial charge in [0.2, 0.25) is 5.91 Å². The summed E-state index contributed by atoms with van der Waals surface area (Å²) in [4.78, 5) is 12.1. The minimum atomic E-state index is -0.380. The predicted octanol–water partition coefficient (Wildman–Crippen LogP) is 5.59. The third kappa shape index (κ3) is 3.29. The maximum absolute atomic E-state index is 12.1. The SMILES string of the molecule is CCCCc1ccc2c3c(C(N)=O)cccc3n(Cc3ccc(C)cc3)c2c1. The van der Waals surface area contributed by atoms with Crippen LogP contribution in [0.4, 0.5) is 0 Å². The van der Waals surface area contributed by atoms with Crippen LogP contribution in [0.3, 0.4) is 0 Å². The molecule has 3 nitrogen and oxygen atoms in total. The van der Waals surface area contributed by atoms with Gasteiger partial charge in [-0.05, 0) is 49.1 Å². The van der Waals surface area contributed by atoms with Crippen LogP contribution >= 0.6 is 0 Å². The molecular weight excluding hydrogens is 344 g/mol. The number of hydrogen-bond donors (Lipinski definition) is 1. The second-order valence-corrected chi connectivity index (χ2v) is 7.59. The Kier molecular flexibility index (Phi) is 4.91. The maximum atomic E-state index is 12.1. The van der Waals surface area contributed by atoms with Gasteiger partial charge >= 0.3 is 0 Å². The number of unbranched alkanes of at least 4 members (excludes halogenated alkanes) is 1. The molecule has 0 fully saturated rings. The van der Waals surface area contributed by atoms with E-state index in [1.165, 1.54) is 29.5 Å². The van der Waals surface area contributed by atoms with Crippen LogP contribution in [0, 0.1) is 6.92 Å². The van der Waals surface area contributed by atoms with E-state index in [2.05, 4.69) is 66.9 Å². The van der Waals surface area contributed by atoms with E-state index >= 15 is 0 Å². The van der Waals surface area contributed by atoms with Crippen molar-refractivity contribution >= 4 is 27.7 Å². The third-order valence-electron chi connectivity index (χ3n) is 5.50. The number of carbonyl (C=O) groups excluding carboxylic acids is 1. The molecule has 0 aliphatic carbocycles. The van der Waals surface area contributed by atoms with Crippen LogP contribution in [0.25, 0.3) is 21.8 Å². The summed E-state index contributed by atoms with van der Waals surface area (Å²) >= 11 is 0. The molecule has 3 heteroatoms. The Morgan fingerprint density at radius 1 is 0.964 bits per heavy atom. The molecule has 142 valence electrons. The molecule has 4 rings (SSSR count). The molecule has 0 aliphatic rings. The number of carbonyl (C=O) groups is 1. The summed E-state index contributed by atoms with van der Waals surface area (Å²) in [6, 6.07) is 21.1. The lowest BCUT2D eigenvalue weighted by atomic mass is 10.0. The summed E-state index contributed by atoms with van der Waals surface area (Å²) in [6.45, 7) is 5.08. The molecule has 1 amide bonds. The topological polar surface area (TPSA) is 48.0 Å². The standard InChI is InChI=1S/C25H26N2O/c1-3-4-6-18-13-14-20-23(15-18)27(16-19-11-9-17(2)10-12-19)22-8-5-7-21(24(20)22)25(26)28/h5,7-15H,3-4,6,16H2,1-2H3,(H2,26,28). The van der Waals surface area contributed by atoms with Gasteiger partial charge in [0, 0.05) is 28.4 Å². The van der Waals surface area contributed by atoms with Crippen molar-refractivity contribution in [1.29, 1.82) is 0 Å². The number of rotatable bonds is 6. The van der Waals surface area contributed by atoms with Gasteiger partial charge in [-0.3, -0.25) is 4.79 Å². The van der Waals surface area contributed by atoms with Crippen molar-refractivity contribution in [3.8, 4) is 0 Å². The van der Waals surface area contributed by atoms with Crippen molar-refractivity contribution in [2.45, 2.75) is 39.7 Å². The fourth-order valence-corrected chi connectivity index (χ4v) is 3.98. The highest BCUT2D eigenvalue weighted by atomic mass is 16.1. The van der Waals surface area contributed by atoms with E-state index in [9.17, 15) is 4.79 Å². The van der Waals surface area contributed by atoms with Crippen LogP contribution in [0.5, 0.6) is 0 Å². The van der Waals surface area contributed by atoms with Gasteiger partial charge in [0.25, 0.3) is 0 Å². The minimum Gasteiger partial charge on any atom is -0.366 e. The lowest BCUT2D eigenvalue weighted by Gasteiger charge is -2.09. The highest BCUT2D eigenvalue weighted by molar-refractivity contribution is 6.17. The van der Waals surface area contributed by atoms with Gasteiger partial charge in [0.05, 0.1) is 5.52 Å². The van der Waals surface area contributed by atoms with E-state index in [0.29, 0.717) is 5.56 Å². The van der Waals surface area contributed by atoms with Crippen molar-refractivity contribution in [2.24, 2.45) is 5.73 Å². The van der Waals surface area contributed by atoms with Crippen LogP contribution in [0.2, 0.25) is 0 Å². The number of primary amides is 1. The quantitative estimate of drug-likeness (QED) is 0.472. The van der Waals surface area contributed by atoms with E-state index in [4.69, 9.17) is 5.73 Å². The normalized spacial score (nSPS) is 11.4. The Bertz CT molecular complexity index is 1150. The first-order chi connectivity index (χ1) is 13.6. The van der Waals surface area contributed by atoms with Gasteiger partial charge in [-0.1, -0.05) is 61.4 Å². The lowest BCUT2D eigenvalue weighted by molar-refractivity contribution is 0.100. The number of aryl methyl sites for hydroxylation is 2. The molecule has 4 aromatic rings. The first kappa shape index (κ1) is 18.3. The van der Waals surface area contributed by atoms with Gasteiger partial charge in [-0.15, -0.1) is 0 Å². The van der Waals surface area contributed by atoms with E-state index in [-0.39, 0.29) is 5.91 Å². The first-order valence-electron chi connectivity index (χ1n) is 9.97. The zero-order valence-electron chi connectivity index (χ0n) is 16.5. The van der Waals surface area contributed by atoms with E-state index < -0.39 is 0 Å². The third-order valence-corrected chi connectivity index (χ3v) is 5.50. The smallest absolute Gasteiger partial charge is 0.249 e. The van der Waals surface area contributed by atoms with Crippen LogP contribution in [0.1, 0.15) is 46.8 Å². The fraction of sp³-hybridized carbons (Fsp3) is 0.240. The molecule has 2 N–H and O–H groups in total. The second kappa shape index (κ2) is 7.51. The predicted molar refractivity (Wildman–Crippen MR) is 117 cm³/mol. The number of nitrogens with zero attached hydrogens (tertiary/aromatic N) is 1. The molecule has 28 heavy (non-hydrogen) atoms. The molecule has 1 aromatic heterocycles. The largest absolute Gasteiger partial charge is 0.366 e. The monoisotopic (exact) mass is 370 g/mol.